The van der Waals surface area contributed by atoms with Crippen LogP contribution in [-0.2, 0) is 4.79 Å². The number of fused-ring (bicyclic) bond motifs is 1. The van der Waals surface area contributed by atoms with Crippen molar-refractivity contribution in [1.82, 2.24) is 5.32 Å². The molecule has 1 amide bonds. The minimum atomic E-state index is 0.287. The van der Waals surface area contributed by atoms with Crippen LogP contribution in [0, 0.1) is 29.6 Å². The van der Waals surface area contributed by atoms with Crippen molar-refractivity contribution in [3.05, 3.63) is 0 Å². The van der Waals surface area contributed by atoms with E-state index in [0.29, 0.717) is 35.5 Å². The average molecular weight is 265 g/mol. The van der Waals surface area contributed by atoms with E-state index in [1.807, 2.05) is 0 Å². The topological polar surface area (TPSA) is 49.3 Å². The van der Waals surface area contributed by atoms with Crippen molar-refractivity contribution in [3.63, 3.8) is 0 Å². The Bertz CT molecular complexity index is 319. The summed E-state index contributed by atoms with van der Waals surface area (Å²) in [6.07, 6.45) is 9.97. The molecule has 3 saturated carbocycles. The lowest BCUT2D eigenvalue weighted by Crippen LogP contribution is -2.36. The quantitative estimate of drug-likeness (QED) is 0.819. The molecule has 0 spiro atoms. The molecule has 0 heterocycles. The normalized spacial score (nSPS) is 41.4. The largest absolute Gasteiger partial charge is 0.396 e. The zero-order chi connectivity index (χ0) is 13.2. The second-order valence-electron chi connectivity index (χ2n) is 6.87. The molecule has 0 aromatic carbocycles. The van der Waals surface area contributed by atoms with Gasteiger partial charge in [-0.1, -0.05) is 25.7 Å². The molecule has 3 aliphatic rings. The Hall–Kier alpha value is -0.570. The molecule has 0 saturated heterocycles. The summed E-state index contributed by atoms with van der Waals surface area (Å²) in [5, 5.41) is 12.6. The number of aliphatic hydroxyl groups is 1. The summed E-state index contributed by atoms with van der Waals surface area (Å²) in [5.41, 5.74) is 0. The van der Waals surface area contributed by atoms with Crippen LogP contribution < -0.4 is 5.32 Å². The van der Waals surface area contributed by atoms with E-state index in [9.17, 15) is 9.90 Å². The summed E-state index contributed by atoms with van der Waals surface area (Å²) < 4.78 is 0. The molecule has 19 heavy (non-hydrogen) atoms. The zero-order valence-electron chi connectivity index (χ0n) is 11.8. The first kappa shape index (κ1) is 13.4. The molecule has 3 rings (SSSR count). The molecule has 4 atom stereocenters. The van der Waals surface area contributed by atoms with Gasteiger partial charge in [0.15, 0.2) is 0 Å². The third kappa shape index (κ3) is 2.81. The van der Waals surface area contributed by atoms with E-state index in [4.69, 9.17) is 0 Å². The highest BCUT2D eigenvalue weighted by atomic mass is 16.3. The van der Waals surface area contributed by atoms with Gasteiger partial charge in [0.2, 0.25) is 5.91 Å². The number of carbonyl (C=O) groups is 1. The van der Waals surface area contributed by atoms with Crippen LogP contribution in [0.2, 0.25) is 0 Å². The molecule has 3 fully saturated rings. The van der Waals surface area contributed by atoms with E-state index in [2.05, 4.69) is 5.32 Å². The maximum absolute atomic E-state index is 12.2. The molecule has 3 aliphatic carbocycles. The Morgan fingerprint density at radius 3 is 2.16 bits per heavy atom. The van der Waals surface area contributed by atoms with Crippen LogP contribution in [0.3, 0.4) is 0 Å². The van der Waals surface area contributed by atoms with Gasteiger partial charge in [0.05, 0.1) is 0 Å². The fraction of sp³-hybridized carbons (Fsp3) is 0.938. The van der Waals surface area contributed by atoms with Gasteiger partial charge in [-0.15, -0.1) is 0 Å². The Morgan fingerprint density at radius 2 is 1.53 bits per heavy atom. The van der Waals surface area contributed by atoms with E-state index in [1.165, 1.54) is 44.9 Å². The Kier molecular flexibility index (Phi) is 4.11. The molecule has 0 bridgehead atoms. The summed E-state index contributed by atoms with van der Waals surface area (Å²) in [6, 6.07) is 0. The van der Waals surface area contributed by atoms with Gasteiger partial charge in [-0.2, -0.15) is 0 Å². The molecule has 3 heteroatoms. The van der Waals surface area contributed by atoms with Gasteiger partial charge in [0.25, 0.3) is 0 Å². The number of amides is 1. The first-order chi connectivity index (χ1) is 9.31. The third-order valence-corrected chi connectivity index (χ3v) is 5.80. The van der Waals surface area contributed by atoms with Crippen LogP contribution >= 0.6 is 0 Å². The molecule has 2 N–H and O–H groups in total. The van der Waals surface area contributed by atoms with Crippen molar-refractivity contribution in [2.45, 2.75) is 51.4 Å². The van der Waals surface area contributed by atoms with Crippen LogP contribution in [0.5, 0.6) is 0 Å². The third-order valence-electron chi connectivity index (χ3n) is 5.80. The van der Waals surface area contributed by atoms with Crippen LogP contribution in [0.1, 0.15) is 51.4 Å². The molecule has 4 unspecified atom stereocenters. The number of nitrogens with one attached hydrogen (secondary N) is 1. The maximum Gasteiger partial charge on any atom is 0.223 e. The molecular weight excluding hydrogens is 238 g/mol. The highest BCUT2D eigenvalue weighted by molar-refractivity contribution is 5.82. The van der Waals surface area contributed by atoms with Crippen molar-refractivity contribution in [1.29, 1.82) is 0 Å². The maximum atomic E-state index is 12.2. The SMILES string of the molecule is O=C(NCC1CCCCC1CO)C1C2CCCCC21. The van der Waals surface area contributed by atoms with E-state index < -0.39 is 0 Å². The summed E-state index contributed by atoms with van der Waals surface area (Å²) in [5.74, 6) is 2.96. The predicted octanol–water partition coefficient (Wildman–Crippen LogP) is 2.34. The minimum absolute atomic E-state index is 0.287. The van der Waals surface area contributed by atoms with Gasteiger partial charge in [-0.3, -0.25) is 4.79 Å². The van der Waals surface area contributed by atoms with Crippen LogP contribution in [0.4, 0.5) is 0 Å². The van der Waals surface area contributed by atoms with E-state index in [-0.39, 0.29) is 6.61 Å². The number of rotatable bonds is 4. The molecule has 108 valence electrons. The highest BCUT2D eigenvalue weighted by Crippen LogP contribution is 2.55. The van der Waals surface area contributed by atoms with Gasteiger partial charge in [0, 0.05) is 19.1 Å². The number of hydrogen-bond donors (Lipinski definition) is 2. The van der Waals surface area contributed by atoms with Crippen molar-refractivity contribution in [3.8, 4) is 0 Å². The van der Waals surface area contributed by atoms with Crippen LogP contribution in [-0.4, -0.2) is 24.2 Å². The molecule has 0 aromatic heterocycles. The Labute approximate surface area is 116 Å². The van der Waals surface area contributed by atoms with Crippen LogP contribution in [0.25, 0.3) is 0 Å². The van der Waals surface area contributed by atoms with Crippen molar-refractivity contribution in [2.24, 2.45) is 29.6 Å². The second-order valence-corrected chi connectivity index (χ2v) is 6.87. The first-order valence-electron chi connectivity index (χ1n) is 8.20. The van der Waals surface area contributed by atoms with E-state index in [1.54, 1.807) is 0 Å². The molecule has 0 radical (unpaired) electrons. The van der Waals surface area contributed by atoms with E-state index in [0.717, 1.165) is 13.0 Å². The lowest BCUT2D eigenvalue weighted by molar-refractivity contribution is -0.123. The first-order valence-corrected chi connectivity index (χ1v) is 8.20. The van der Waals surface area contributed by atoms with Crippen molar-refractivity contribution in [2.75, 3.05) is 13.2 Å². The Balaban J connectivity index is 1.45. The molecular formula is C16H27NO2. The molecule has 0 aliphatic heterocycles. The second kappa shape index (κ2) is 5.82. The fourth-order valence-electron chi connectivity index (χ4n) is 4.52. The Morgan fingerprint density at radius 1 is 0.947 bits per heavy atom. The highest BCUT2D eigenvalue weighted by Gasteiger charge is 2.54. The van der Waals surface area contributed by atoms with Gasteiger partial charge in [-0.25, -0.2) is 0 Å². The lowest BCUT2D eigenvalue weighted by atomic mass is 9.79. The predicted molar refractivity (Wildman–Crippen MR) is 74.5 cm³/mol. The van der Waals surface area contributed by atoms with Gasteiger partial charge in [0.1, 0.15) is 0 Å². The van der Waals surface area contributed by atoms with Gasteiger partial charge >= 0.3 is 0 Å². The average Bonchev–Trinajstić information content (AvgIpc) is 3.19. The van der Waals surface area contributed by atoms with Gasteiger partial charge in [-0.05, 0) is 49.4 Å². The van der Waals surface area contributed by atoms with Gasteiger partial charge < -0.3 is 10.4 Å². The summed E-state index contributed by atoms with van der Waals surface area (Å²) >= 11 is 0. The number of hydrogen-bond acceptors (Lipinski definition) is 2. The minimum Gasteiger partial charge on any atom is -0.396 e. The van der Waals surface area contributed by atoms with E-state index >= 15 is 0 Å². The number of carbonyl (C=O) groups excluding carboxylic acids is 1. The fourth-order valence-corrected chi connectivity index (χ4v) is 4.52. The molecule has 3 nitrogen and oxygen atoms in total. The summed E-state index contributed by atoms with van der Waals surface area (Å²) in [7, 11) is 0. The van der Waals surface area contributed by atoms with Crippen molar-refractivity contribution < 1.29 is 9.90 Å². The monoisotopic (exact) mass is 265 g/mol. The van der Waals surface area contributed by atoms with Crippen LogP contribution in [0.15, 0.2) is 0 Å². The standard InChI is InChI=1S/C16H27NO2/c18-10-12-6-2-1-5-11(12)9-17-16(19)15-13-7-3-4-8-14(13)15/h11-15,18H,1-10H2,(H,17,19). The molecule has 0 aromatic rings. The smallest absolute Gasteiger partial charge is 0.223 e. The summed E-state index contributed by atoms with van der Waals surface area (Å²) in [6.45, 7) is 1.08. The summed E-state index contributed by atoms with van der Waals surface area (Å²) in [4.78, 5) is 12.2. The van der Waals surface area contributed by atoms with Crippen molar-refractivity contribution >= 4 is 5.91 Å². The lowest BCUT2D eigenvalue weighted by Gasteiger charge is -2.30. The number of aliphatic hydroxyl groups excluding tert-OH is 1. The zero-order valence-corrected chi connectivity index (χ0v) is 11.8.